The lowest BCUT2D eigenvalue weighted by Crippen LogP contribution is -2.33. The van der Waals surface area contributed by atoms with Crippen LogP contribution in [-0.4, -0.2) is 36.8 Å². The molecule has 1 aliphatic heterocycles. The van der Waals surface area contributed by atoms with Crippen molar-refractivity contribution in [3.63, 3.8) is 0 Å². The van der Waals surface area contributed by atoms with Gasteiger partial charge >= 0.3 is 0 Å². The maximum absolute atomic E-state index is 12.6. The van der Waals surface area contributed by atoms with Gasteiger partial charge < -0.3 is 10.2 Å². The van der Waals surface area contributed by atoms with Crippen LogP contribution in [0.5, 0.6) is 0 Å². The summed E-state index contributed by atoms with van der Waals surface area (Å²) in [5, 5.41) is 3.54. The van der Waals surface area contributed by atoms with E-state index in [9.17, 15) is 9.59 Å². The molecule has 1 saturated heterocycles. The van der Waals surface area contributed by atoms with Crippen LogP contribution in [0.15, 0.2) is 47.4 Å². The summed E-state index contributed by atoms with van der Waals surface area (Å²) in [4.78, 5) is 28.3. The summed E-state index contributed by atoms with van der Waals surface area (Å²) in [6.07, 6.45) is 1.73. The van der Waals surface area contributed by atoms with Crippen molar-refractivity contribution in [2.24, 2.45) is 0 Å². The number of hydrogen-bond donors (Lipinski definition) is 1. The Kier molecular flexibility index (Phi) is 5.99. The molecular weight excluding hydrogens is 405 g/mol. The van der Waals surface area contributed by atoms with E-state index >= 15 is 0 Å². The van der Waals surface area contributed by atoms with Gasteiger partial charge in [0.25, 0.3) is 11.1 Å². The van der Waals surface area contributed by atoms with E-state index in [-0.39, 0.29) is 17.8 Å². The van der Waals surface area contributed by atoms with Gasteiger partial charge in [0.1, 0.15) is 0 Å². The first-order chi connectivity index (χ1) is 12.8. The molecule has 0 atom stereocenters. The predicted octanol–water partition coefficient (Wildman–Crippen LogP) is 5.17. The van der Waals surface area contributed by atoms with Crippen LogP contribution >= 0.6 is 35.0 Å². The predicted molar refractivity (Wildman–Crippen MR) is 114 cm³/mol. The number of halogens is 2. The molecule has 5 nitrogen and oxygen atoms in total. The summed E-state index contributed by atoms with van der Waals surface area (Å²) in [7, 11) is 3.92. The third-order valence-electron chi connectivity index (χ3n) is 3.94. The van der Waals surface area contributed by atoms with Gasteiger partial charge in [0.15, 0.2) is 0 Å². The van der Waals surface area contributed by atoms with Gasteiger partial charge in [-0.05, 0) is 53.7 Å². The van der Waals surface area contributed by atoms with Gasteiger partial charge in [-0.1, -0.05) is 35.3 Å². The highest BCUT2D eigenvalue weighted by Gasteiger charge is 2.34. The number of benzene rings is 2. The Balaban J connectivity index is 1.69. The van der Waals surface area contributed by atoms with E-state index in [1.54, 1.807) is 24.3 Å². The Bertz CT molecular complexity index is 914. The molecule has 1 heterocycles. The summed E-state index contributed by atoms with van der Waals surface area (Å²) in [5.41, 5.74) is 2.60. The van der Waals surface area contributed by atoms with Gasteiger partial charge in [0.2, 0.25) is 0 Å². The van der Waals surface area contributed by atoms with Gasteiger partial charge in [-0.2, -0.15) is 0 Å². The molecule has 0 aromatic heterocycles. The van der Waals surface area contributed by atoms with E-state index < -0.39 is 0 Å². The van der Waals surface area contributed by atoms with Crippen LogP contribution in [0.4, 0.5) is 16.2 Å². The maximum atomic E-state index is 12.6. The topological polar surface area (TPSA) is 52.7 Å². The van der Waals surface area contributed by atoms with Crippen LogP contribution in [0.3, 0.4) is 0 Å². The van der Waals surface area contributed by atoms with Gasteiger partial charge in [0, 0.05) is 25.5 Å². The Morgan fingerprint density at radius 1 is 1.07 bits per heavy atom. The molecule has 0 spiro atoms. The smallest absolute Gasteiger partial charge is 0.295 e. The minimum absolute atomic E-state index is 0.0551. The number of nitrogens with zero attached hydrogens (tertiary/aromatic N) is 2. The van der Waals surface area contributed by atoms with Crippen LogP contribution in [0.2, 0.25) is 10.0 Å². The second-order valence-electron chi connectivity index (χ2n) is 6.06. The fraction of sp³-hybridized carbons (Fsp3) is 0.158. The van der Waals surface area contributed by atoms with E-state index in [0.29, 0.717) is 20.6 Å². The lowest BCUT2D eigenvalue weighted by Gasteiger charge is -2.14. The number of anilines is 2. The largest absolute Gasteiger partial charge is 0.378 e. The second kappa shape index (κ2) is 8.25. The summed E-state index contributed by atoms with van der Waals surface area (Å²) < 4.78 is 0. The molecule has 0 unspecified atom stereocenters. The highest BCUT2D eigenvalue weighted by molar-refractivity contribution is 8.18. The van der Waals surface area contributed by atoms with Gasteiger partial charge in [-0.25, -0.2) is 0 Å². The normalized spacial score (nSPS) is 15.6. The Morgan fingerprint density at radius 2 is 1.78 bits per heavy atom. The minimum Gasteiger partial charge on any atom is -0.378 e. The molecule has 2 amide bonds. The molecule has 2 aromatic rings. The van der Waals surface area contributed by atoms with E-state index in [0.717, 1.165) is 27.9 Å². The number of nitrogens with one attached hydrogen (secondary N) is 1. The van der Waals surface area contributed by atoms with Crippen molar-refractivity contribution in [2.75, 3.05) is 31.0 Å². The first-order valence-corrected chi connectivity index (χ1v) is 9.64. The molecular formula is C19H17Cl2N3O2S. The zero-order valence-corrected chi connectivity index (χ0v) is 17.0. The molecule has 0 bridgehead atoms. The number of thioether (sulfide) groups is 1. The zero-order chi connectivity index (χ0) is 19.6. The number of carbonyl (C=O) groups is 2. The van der Waals surface area contributed by atoms with Crippen LogP contribution in [0.1, 0.15) is 5.56 Å². The van der Waals surface area contributed by atoms with Crippen LogP contribution < -0.4 is 10.2 Å². The molecule has 1 aliphatic rings. The summed E-state index contributed by atoms with van der Waals surface area (Å²) >= 11 is 12.8. The fourth-order valence-electron chi connectivity index (χ4n) is 2.43. The molecule has 140 valence electrons. The monoisotopic (exact) mass is 421 g/mol. The third kappa shape index (κ3) is 4.58. The Morgan fingerprint density at radius 3 is 2.41 bits per heavy atom. The molecule has 1 fully saturated rings. The first kappa shape index (κ1) is 19.6. The van der Waals surface area contributed by atoms with Crippen LogP contribution in [-0.2, 0) is 4.79 Å². The highest BCUT2D eigenvalue weighted by atomic mass is 35.5. The third-order valence-corrected chi connectivity index (χ3v) is 5.59. The zero-order valence-electron chi connectivity index (χ0n) is 14.7. The number of hydrogen-bond acceptors (Lipinski definition) is 5. The first-order valence-electron chi connectivity index (χ1n) is 8.07. The van der Waals surface area contributed by atoms with Crippen molar-refractivity contribution in [1.29, 1.82) is 0 Å². The van der Waals surface area contributed by atoms with Crippen molar-refractivity contribution in [2.45, 2.75) is 0 Å². The average molecular weight is 422 g/mol. The quantitative estimate of drug-likeness (QED) is 0.675. The van der Waals surface area contributed by atoms with Gasteiger partial charge in [0.05, 0.1) is 21.6 Å². The van der Waals surface area contributed by atoms with E-state index in [1.165, 1.54) is 0 Å². The Hall–Kier alpha value is -2.15. The Labute approximate surface area is 171 Å². The van der Waals surface area contributed by atoms with E-state index in [1.807, 2.05) is 43.3 Å². The number of rotatable bonds is 5. The molecule has 1 N–H and O–H groups in total. The molecule has 2 aromatic carbocycles. The van der Waals surface area contributed by atoms with Crippen molar-refractivity contribution in [1.82, 2.24) is 4.90 Å². The van der Waals surface area contributed by atoms with Crippen molar-refractivity contribution in [3.8, 4) is 0 Å². The van der Waals surface area contributed by atoms with Crippen molar-refractivity contribution in [3.05, 3.63) is 63.0 Å². The summed E-state index contributed by atoms with van der Waals surface area (Å²) in [6, 6.07) is 12.8. The summed E-state index contributed by atoms with van der Waals surface area (Å²) in [5.74, 6) is -0.325. The van der Waals surface area contributed by atoms with Crippen LogP contribution in [0.25, 0.3) is 6.08 Å². The lowest BCUT2D eigenvalue weighted by atomic mass is 10.2. The standard InChI is InChI=1S/C19H17Cl2N3O2S/c1-23(2)14-6-3-12(4-7-14)9-17-18(25)24(19(26)27-17)11-22-13-5-8-15(20)16(21)10-13/h3-10,22H,11H2,1-2H3/b17-9-. The van der Waals surface area contributed by atoms with Crippen LogP contribution in [0, 0.1) is 0 Å². The minimum atomic E-state index is -0.325. The summed E-state index contributed by atoms with van der Waals surface area (Å²) in [6.45, 7) is 0.0551. The molecule has 3 rings (SSSR count). The molecule has 27 heavy (non-hydrogen) atoms. The number of amides is 2. The van der Waals surface area contributed by atoms with Crippen molar-refractivity contribution >= 4 is 63.6 Å². The molecule has 0 aliphatic carbocycles. The maximum Gasteiger partial charge on any atom is 0.295 e. The van der Waals surface area contributed by atoms with E-state index in [4.69, 9.17) is 23.2 Å². The molecule has 0 saturated carbocycles. The lowest BCUT2D eigenvalue weighted by molar-refractivity contribution is -0.122. The number of carbonyl (C=O) groups excluding carboxylic acids is 2. The molecule has 8 heteroatoms. The highest BCUT2D eigenvalue weighted by Crippen LogP contribution is 2.32. The SMILES string of the molecule is CN(C)c1ccc(/C=C2\SC(=O)N(CNc3ccc(Cl)c(Cl)c3)C2=O)cc1. The number of imide groups is 1. The average Bonchev–Trinajstić information content (AvgIpc) is 2.90. The van der Waals surface area contributed by atoms with Crippen molar-refractivity contribution < 1.29 is 9.59 Å². The van der Waals surface area contributed by atoms with Gasteiger partial charge in [-0.3, -0.25) is 14.5 Å². The fourth-order valence-corrected chi connectivity index (χ4v) is 3.57. The second-order valence-corrected chi connectivity index (χ2v) is 7.87. The van der Waals surface area contributed by atoms with E-state index in [2.05, 4.69) is 5.32 Å². The molecule has 0 radical (unpaired) electrons. The van der Waals surface area contributed by atoms with Gasteiger partial charge in [-0.15, -0.1) is 0 Å².